The van der Waals surface area contributed by atoms with Crippen molar-refractivity contribution < 1.29 is 9.53 Å². The summed E-state index contributed by atoms with van der Waals surface area (Å²) in [6.45, 7) is 1.86. The fourth-order valence-electron chi connectivity index (χ4n) is 1.55. The van der Waals surface area contributed by atoms with E-state index in [1.54, 1.807) is 12.1 Å². The van der Waals surface area contributed by atoms with Gasteiger partial charge < -0.3 is 4.74 Å². The van der Waals surface area contributed by atoms with Crippen LogP contribution in [0.15, 0.2) is 53.0 Å². The van der Waals surface area contributed by atoms with Crippen molar-refractivity contribution in [1.82, 2.24) is 0 Å². The molecule has 0 aromatic heterocycles. The molecule has 2 aromatic carbocycles. The van der Waals surface area contributed by atoms with E-state index in [9.17, 15) is 4.79 Å². The molecule has 0 aliphatic heterocycles. The summed E-state index contributed by atoms with van der Waals surface area (Å²) in [5, 5.41) is 0. The van der Waals surface area contributed by atoms with Crippen molar-refractivity contribution in [3.8, 4) is 11.5 Å². The van der Waals surface area contributed by atoms with Crippen molar-refractivity contribution in [2.75, 3.05) is 0 Å². The molecule has 92 valence electrons. The van der Waals surface area contributed by atoms with Crippen molar-refractivity contribution in [2.45, 2.75) is 13.3 Å². The van der Waals surface area contributed by atoms with Crippen molar-refractivity contribution in [3.05, 3.63) is 58.6 Å². The largest absolute Gasteiger partial charge is 0.457 e. The number of Topliss-reactive ketones (excluding diaryl/α,β-unsaturated/α-hetero) is 1. The topological polar surface area (TPSA) is 26.3 Å². The molecule has 0 amide bonds. The molecule has 0 saturated heterocycles. The summed E-state index contributed by atoms with van der Waals surface area (Å²) in [5.41, 5.74) is 0.723. The van der Waals surface area contributed by atoms with E-state index in [2.05, 4.69) is 15.9 Å². The van der Waals surface area contributed by atoms with Gasteiger partial charge in [-0.15, -0.1) is 0 Å². The predicted molar refractivity (Wildman–Crippen MR) is 75.3 cm³/mol. The highest BCUT2D eigenvalue weighted by Gasteiger charge is 2.03. The molecule has 2 nitrogen and oxygen atoms in total. The van der Waals surface area contributed by atoms with Gasteiger partial charge in [-0.25, -0.2) is 0 Å². The summed E-state index contributed by atoms with van der Waals surface area (Å²) in [4.78, 5) is 11.5. The molecule has 2 aromatic rings. The zero-order valence-corrected chi connectivity index (χ0v) is 11.6. The number of rotatable bonds is 4. The molecule has 0 bridgehead atoms. The van der Waals surface area contributed by atoms with Crippen LogP contribution in [-0.4, -0.2) is 5.78 Å². The molecule has 0 aliphatic rings. The molecule has 2 rings (SSSR count). The van der Waals surface area contributed by atoms with Crippen LogP contribution in [0.25, 0.3) is 0 Å². The third-order valence-electron chi connectivity index (χ3n) is 2.55. The van der Waals surface area contributed by atoms with Crippen LogP contribution >= 0.6 is 15.9 Å². The maximum absolute atomic E-state index is 11.5. The fraction of sp³-hybridized carbons (Fsp3) is 0.133. The molecule has 0 radical (unpaired) electrons. The zero-order valence-electron chi connectivity index (χ0n) is 10.0. The molecule has 0 heterocycles. The number of hydrogen-bond acceptors (Lipinski definition) is 2. The number of carbonyl (C=O) groups excluding carboxylic acids is 1. The van der Waals surface area contributed by atoms with Gasteiger partial charge in [0.1, 0.15) is 11.5 Å². The van der Waals surface area contributed by atoms with Gasteiger partial charge in [0, 0.05) is 16.5 Å². The molecule has 0 unspecified atom stereocenters. The number of benzene rings is 2. The van der Waals surface area contributed by atoms with E-state index in [4.69, 9.17) is 4.74 Å². The van der Waals surface area contributed by atoms with Crippen LogP contribution in [0.5, 0.6) is 11.5 Å². The minimum absolute atomic E-state index is 0.144. The third kappa shape index (κ3) is 3.20. The van der Waals surface area contributed by atoms with Gasteiger partial charge in [-0.1, -0.05) is 22.9 Å². The SMILES string of the molecule is CCC(=O)c1ccc(Oc2ccc(Br)cc2)cc1. The normalized spacial score (nSPS) is 10.1. The van der Waals surface area contributed by atoms with E-state index in [1.165, 1.54) is 0 Å². The Morgan fingerprint density at radius 2 is 1.50 bits per heavy atom. The Labute approximate surface area is 115 Å². The summed E-state index contributed by atoms with van der Waals surface area (Å²) in [6, 6.07) is 14.8. The van der Waals surface area contributed by atoms with Crippen LogP contribution in [0.1, 0.15) is 23.7 Å². The number of hydrogen-bond donors (Lipinski definition) is 0. The fourth-order valence-corrected chi connectivity index (χ4v) is 1.82. The lowest BCUT2D eigenvalue weighted by molar-refractivity contribution is 0.0988. The molecule has 3 heteroatoms. The number of carbonyl (C=O) groups is 1. The average molecular weight is 305 g/mol. The summed E-state index contributed by atoms with van der Waals surface area (Å²) >= 11 is 3.37. The molecular formula is C15H13BrO2. The monoisotopic (exact) mass is 304 g/mol. The van der Waals surface area contributed by atoms with Gasteiger partial charge in [0.25, 0.3) is 0 Å². The minimum atomic E-state index is 0.144. The van der Waals surface area contributed by atoms with E-state index in [0.29, 0.717) is 6.42 Å². The van der Waals surface area contributed by atoms with Crippen molar-refractivity contribution in [3.63, 3.8) is 0 Å². The first-order valence-corrected chi connectivity index (χ1v) is 6.55. The molecule has 0 saturated carbocycles. The maximum atomic E-state index is 11.5. The van der Waals surface area contributed by atoms with E-state index >= 15 is 0 Å². The lowest BCUT2D eigenvalue weighted by Crippen LogP contribution is -1.95. The van der Waals surface area contributed by atoms with E-state index < -0.39 is 0 Å². The Balaban J connectivity index is 2.10. The predicted octanol–water partition coefficient (Wildman–Crippen LogP) is 4.83. The quantitative estimate of drug-likeness (QED) is 0.756. The van der Waals surface area contributed by atoms with Crippen LogP contribution < -0.4 is 4.74 Å². The molecule has 0 aliphatic carbocycles. The van der Waals surface area contributed by atoms with Gasteiger partial charge in [-0.3, -0.25) is 4.79 Å². The van der Waals surface area contributed by atoms with Crippen molar-refractivity contribution in [2.24, 2.45) is 0 Å². The number of halogens is 1. The first kappa shape index (κ1) is 12.8. The number of ketones is 1. The van der Waals surface area contributed by atoms with Crippen LogP contribution in [0.4, 0.5) is 0 Å². The first-order valence-electron chi connectivity index (χ1n) is 5.75. The van der Waals surface area contributed by atoms with E-state index in [1.807, 2.05) is 43.3 Å². The lowest BCUT2D eigenvalue weighted by Gasteiger charge is -2.06. The first-order chi connectivity index (χ1) is 8.69. The van der Waals surface area contributed by atoms with Crippen LogP contribution in [0.3, 0.4) is 0 Å². The van der Waals surface area contributed by atoms with Crippen LogP contribution in [-0.2, 0) is 0 Å². The molecule has 0 atom stereocenters. The van der Waals surface area contributed by atoms with Crippen LogP contribution in [0.2, 0.25) is 0 Å². The van der Waals surface area contributed by atoms with Gasteiger partial charge in [-0.2, -0.15) is 0 Å². The minimum Gasteiger partial charge on any atom is -0.457 e. The number of ether oxygens (including phenoxy) is 1. The second kappa shape index (κ2) is 5.83. The van der Waals surface area contributed by atoms with Gasteiger partial charge >= 0.3 is 0 Å². The second-order valence-electron chi connectivity index (χ2n) is 3.86. The molecule has 18 heavy (non-hydrogen) atoms. The van der Waals surface area contributed by atoms with Gasteiger partial charge in [0.2, 0.25) is 0 Å². The molecule has 0 fully saturated rings. The highest BCUT2D eigenvalue weighted by atomic mass is 79.9. The summed E-state index contributed by atoms with van der Waals surface area (Å²) in [7, 11) is 0. The summed E-state index contributed by atoms with van der Waals surface area (Å²) in [6.07, 6.45) is 0.521. The Morgan fingerprint density at radius 3 is 2.00 bits per heavy atom. The third-order valence-corrected chi connectivity index (χ3v) is 3.08. The smallest absolute Gasteiger partial charge is 0.162 e. The molecule has 0 N–H and O–H groups in total. The van der Waals surface area contributed by atoms with Gasteiger partial charge in [0.15, 0.2) is 5.78 Å². The summed E-state index contributed by atoms with van der Waals surface area (Å²) < 4.78 is 6.68. The second-order valence-corrected chi connectivity index (χ2v) is 4.77. The van der Waals surface area contributed by atoms with Crippen LogP contribution in [0, 0.1) is 0 Å². The summed E-state index contributed by atoms with van der Waals surface area (Å²) in [5.74, 6) is 1.64. The van der Waals surface area contributed by atoms with Crippen molar-refractivity contribution in [1.29, 1.82) is 0 Å². The average Bonchev–Trinajstić information content (AvgIpc) is 2.41. The Morgan fingerprint density at radius 1 is 1.00 bits per heavy atom. The zero-order chi connectivity index (χ0) is 13.0. The Kier molecular flexibility index (Phi) is 4.15. The maximum Gasteiger partial charge on any atom is 0.162 e. The van der Waals surface area contributed by atoms with E-state index in [0.717, 1.165) is 21.5 Å². The standard InChI is InChI=1S/C15H13BrO2/c1-2-15(17)11-3-7-13(8-4-11)18-14-9-5-12(16)6-10-14/h3-10H,2H2,1H3. The Hall–Kier alpha value is -1.61. The van der Waals surface area contributed by atoms with Gasteiger partial charge in [-0.05, 0) is 48.5 Å². The van der Waals surface area contributed by atoms with Gasteiger partial charge in [0.05, 0.1) is 0 Å². The highest BCUT2D eigenvalue weighted by molar-refractivity contribution is 9.10. The highest BCUT2D eigenvalue weighted by Crippen LogP contribution is 2.23. The molecule has 0 spiro atoms. The van der Waals surface area contributed by atoms with E-state index in [-0.39, 0.29) is 5.78 Å². The van der Waals surface area contributed by atoms with Crippen molar-refractivity contribution >= 4 is 21.7 Å². The Bertz CT molecular complexity index is 529. The lowest BCUT2D eigenvalue weighted by atomic mass is 10.1. The molecular weight excluding hydrogens is 292 g/mol.